The summed E-state index contributed by atoms with van der Waals surface area (Å²) in [5, 5.41) is 12.0. The molecular weight excluding hydrogens is 399 g/mol. The predicted octanol–water partition coefficient (Wildman–Crippen LogP) is 1.000. The molecule has 2 aliphatic heterocycles. The van der Waals surface area contributed by atoms with E-state index >= 15 is 0 Å². The van der Waals surface area contributed by atoms with Crippen molar-refractivity contribution in [3.63, 3.8) is 0 Å². The van der Waals surface area contributed by atoms with Crippen molar-refractivity contribution in [3.8, 4) is 0 Å². The molecule has 2 aromatic rings. The Morgan fingerprint density at radius 1 is 1.23 bits per heavy atom. The zero-order chi connectivity index (χ0) is 15.4. The molecule has 0 radical (unpaired) electrons. The zero-order valence-corrected chi connectivity index (χ0v) is 13.3. The average molecular weight is 408 g/mol. The van der Waals surface area contributed by atoms with Crippen LogP contribution in [0.15, 0.2) is 18.2 Å². The smallest absolute Gasteiger partial charge is 0.261 e. The van der Waals surface area contributed by atoms with Crippen LogP contribution >= 0.6 is 22.6 Å². The van der Waals surface area contributed by atoms with E-state index < -0.39 is 11.9 Å². The minimum Gasteiger partial charge on any atom is -0.295 e. The van der Waals surface area contributed by atoms with E-state index in [9.17, 15) is 14.4 Å². The third-order valence-electron chi connectivity index (χ3n) is 3.94. The normalized spacial score (nSPS) is 20.7. The molecule has 0 saturated carbocycles. The van der Waals surface area contributed by atoms with Gasteiger partial charge in [0.05, 0.1) is 5.56 Å². The van der Waals surface area contributed by atoms with Gasteiger partial charge in [0.25, 0.3) is 5.91 Å². The van der Waals surface area contributed by atoms with Crippen molar-refractivity contribution < 1.29 is 14.4 Å². The fourth-order valence-electron chi connectivity index (χ4n) is 2.95. The first-order valence-corrected chi connectivity index (χ1v) is 7.78. The molecule has 1 unspecified atom stereocenters. The molecule has 2 aliphatic rings. The van der Waals surface area contributed by atoms with Crippen molar-refractivity contribution in [2.24, 2.45) is 0 Å². The molecule has 0 bridgehead atoms. The highest BCUT2D eigenvalue weighted by Crippen LogP contribution is 2.38. The molecule has 0 aliphatic carbocycles. The van der Waals surface area contributed by atoms with Crippen molar-refractivity contribution in [1.82, 2.24) is 15.5 Å². The lowest BCUT2D eigenvalue weighted by atomic mass is 10.0. The fourth-order valence-corrected chi connectivity index (χ4v) is 3.51. The van der Waals surface area contributed by atoms with E-state index in [1.807, 2.05) is 6.07 Å². The fraction of sp³-hybridized carbons (Fsp3) is 0.214. The van der Waals surface area contributed by atoms with Gasteiger partial charge in [-0.05, 0) is 35.1 Å². The molecule has 1 aromatic heterocycles. The van der Waals surface area contributed by atoms with Gasteiger partial charge >= 0.3 is 0 Å². The monoisotopic (exact) mass is 408 g/mol. The highest BCUT2D eigenvalue weighted by Gasteiger charge is 2.42. The number of carbonyl (C=O) groups is 3. The van der Waals surface area contributed by atoms with Gasteiger partial charge in [0, 0.05) is 17.2 Å². The minimum atomic E-state index is -0.727. The Kier molecular flexibility index (Phi) is 2.90. The van der Waals surface area contributed by atoms with Gasteiger partial charge in [0.15, 0.2) is 5.82 Å². The molecule has 1 aromatic carbocycles. The maximum Gasteiger partial charge on any atom is 0.261 e. The number of halogens is 1. The van der Waals surface area contributed by atoms with Gasteiger partial charge in [-0.15, -0.1) is 10.2 Å². The van der Waals surface area contributed by atoms with Gasteiger partial charge < -0.3 is 0 Å². The summed E-state index contributed by atoms with van der Waals surface area (Å²) in [6.07, 6.45) is 0.497. The molecule has 4 rings (SSSR count). The number of piperidine rings is 1. The Labute approximate surface area is 138 Å². The van der Waals surface area contributed by atoms with Crippen LogP contribution < -0.4 is 10.2 Å². The summed E-state index contributed by atoms with van der Waals surface area (Å²) >= 11 is 2.07. The minimum absolute atomic E-state index is 0.206. The van der Waals surface area contributed by atoms with Crippen LogP contribution in [-0.2, 0) is 9.59 Å². The van der Waals surface area contributed by atoms with Crippen molar-refractivity contribution in [1.29, 1.82) is 0 Å². The highest BCUT2D eigenvalue weighted by molar-refractivity contribution is 14.1. The van der Waals surface area contributed by atoms with Crippen LogP contribution in [0.25, 0.3) is 10.8 Å². The lowest BCUT2D eigenvalue weighted by Crippen LogP contribution is -2.53. The average Bonchev–Trinajstić information content (AvgIpc) is 2.78. The molecule has 8 heteroatoms. The molecule has 22 heavy (non-hydrogen) atoms. The number of carbonyl (C=O) groups excluding carboxylic acids is 3. The number of nitrogens with zero attached hydrogens (tertiary/aromatic N) is 3. The van der Waals surface area contributed by atoms with E-state index in [-0.39, 0.29) is 18.2 Å². The SMILES string of the molecule is O=C1CCC(N2C(=O)c3cccc4c(I)nnc2c34)C(=O)N1. The molecular formula is C14H9IN4O3. The molecule has 1 saturated heterocycles. The van der Waals surface area contributed by atoms with Gasteiger partial charge in [-0.1, -0.05) is 12.1 Å². The van der Waals surface area contributed by atoms with E-state index in [1.165, 1.54) is 4.90 Å². The van der Waals surface area contributed by atoms with Gasteiger partial charge in [0.1, 0.15) is 9.74 Å². The number of hydrogen-bond donors (Lipinski definition) is 1. The molecule has 0 spiro atoms. The molecule has 1 atom stereocenters. The summed E-state index contributed by atoms with van der Waals surface area (Å²) in [7, 11) is 0. The lowest BCUT2D eigenvalue weighted by Gasteiger charge is -2.29. The highest BCUT2D eigenvalue weighted by atomic mass is 127. The number of aromatic nitrogens is 2. The van der Waals surface area contributed by atoms with Crippen LogP contribution in [0, 0.1) is 3.70 Å². The van der Waals surface area contributed by atoms with E-state index in [1.54, 1.807) is 12.1 Å². The molecule has 3 amide bonds. The zero-order valence-electron chi connectivity index (χ0n) is 11.2. The van der Waals surface area contributed by atoms with Gasteiger partial charge in [0.2, 0.25) is 11.8 Å². The summed E-state index contributed by atoms with van der Waals surface area (Å²) in [5.74, 6) is -0.660. The topological polar surface area (TPSA) is 92.3 Å². The number of hydrogen-bond acceptors (Lipinski definition) is 5. The first kappa shape index (κ1) is 13.6. The Bertz CT molecular complexity index is 867. The Hall–Kier alpha value is -2.10. The second-order valence-electron chi connectivity index (χ2n) is 5.18. The maximum absolute atomic E-state index is 12.7. The van der Waals surface area contributed by atoms with E-state index in [0.29, 0.717) is 21.5 Å². The molecule has 3 heterocycles. The molecule has 1 fully saturated rings. The Balaban J connectivity index is 1.89. The lowest BCUT2D eigenvalue weighted by molar-refractivity contribution is -0.134. The Morgan fingerprint density at radius 2 is 2.05 bits per heavy atom. The number of amides is 3. The van der Waals surface area contributed by atoms with Crippen LogP contribution in [0.1, 0.15) is 23.2 Å². The van der Waals surface area contributed by atoms with Crippen molar-refractivity contribution in [2.75, 3.05) is 4.90 Å². The standard InChI is InChI=1S/C14H9IN4O3/c15-11-6-2-1-3-7-10(6)12(18-17-11)19(14(7)22)8-4-5-9(20)16-13(8)21/h1-3,8H,4-5H2,(H,16,20,21). The third kappa shape index (κ3) is 1.76. The summed E-state index contributed by atoms with van der Waals surface area (Å²) in [6.45, 7) is 0. The molecule has 110 valence electrons. The van der Waals surface area contributed by atoms with E-state index in [2.05, 4.69) is 38.1 Å². The second-order valence-corrected chi connectivity index (χ2v) is 6.21. The predicted molar refractivity (Wildman–Crippen MR) is 85.2 cm³/mol. The second kappa shape index (κ2) is 4.70. The number of anilines is 1. The maximum atomic E-state index is 12.7. The summed E-state index contributed by atoms with van der Waals surface area (Å²) in [4.78, 5) is 37.5. The van der Waals surface area contributed by atoms with Crippen LogP contribution in [0.3, 0.4) is 0 Å². The van der Waals surface area contributed by atoms with Crippen LogP contribution in [0.2, 0.25) is 0 Å². The van der Waals surface area contributed by atoms with Crippen molar-refractivity contribution in [2.45, 2.75) is 18.9 Å². The van der Waals surface area contributed by atoms with Crippen molar-refractivity contribution in [3.05, 3.63) is 27.5 Å². The molecule has 7 nitrogen and oxygen atoms in total. The van der Waals surface area contributed by atoms with Gasteiger partial charge in [-0.2, -0.15) is 0 Å². The van der Waals surface area contributed by atoms with Gasteiger partial charge in [-0.25, -0.2) is 0 Å². The van der Waals surface area contributed by atoms with Gasteiger partial charge in [-0.3, -0.25) is 24.6 Å². The summed E-state index contributed by atoms with van der Waals surface area (Å²) in [5.41, 5.74) is 0.519. The largest absolute Gasteiger partial charge is 0.295 e. The van der Waals surface area contributed by atoms with Crippen LogP contribution in [-0.4, -0.2) is 34.0 Å². The summed E-state index contributed by atoms with van der Waals surface area (Å²) in [6, 6.07) is 4.66. The van der Waals surface area contributed by atoms with E-state index in [4.69, 9.17) is 0 Å². The molecule has 1 N–H and O–H groups in total. The van der Waals surface area contributed by atoms with E-state index in [0.717, 1.165) is 10.8 Å². The van der Waals surface area contributed by atoms with Crippen LogP contribution in [0.4, 0.5) is 5.82 Å². The number of imide groups is 1. The first-order valence-electron chi connectivity index (χ1n) is 6.70. The number of benzene rings is 1. The third-order valence-corrected chi connectivity index (χ3v) is 4.74. The quantitative estimate of drug-likeness (QED) is 0.562. The number of nitrogens with one attached hydrogen (secondary N) is 1. The first-order chi connectivity index (χ1) is 10.6. The summed E-state index contributed by atoms with van der Waals surface area (Å²) < 4.78 is 0.705. The van der Waals surface area contributed by atoms with Crippen molar-refractivity contribution >= 4 is 56.9 Å². The van der Waals surface area contributed by atoms with Crippen LogP contribution in [0.5, 0.6) is 0 Å². The number of rotatable bonds is 1. The Morgan fingerprint density at radius 3 is 2.82 bits per heavy atom.